The number of carbonyl (C=O) groups excluding carboxylic acids is 2. The Bertz CT molecular complexity index is 1460. The van der Waals surface area contributed by atoms with Crippen LogP contribution in [0.2, 0.25) is 0 Å². The van der Waals surface area contributed by atoms with E-state index in [1.54, 1.807) is 23.9 Å². The van der Waals surface area contributed by atoms with Crippen LogP contribution in [0.1, 0.15) is 47.6 Å². The molecule has 0 unspecified atom stereocenters. The van der Waals surface area contributed by atoms with E-state index in [-0.39, 0.29) is 29.6 Å². The Balaban J connectivity index is 1.06. The molecule has 0 aliphatic carbocycles. The van der Waals surface area contributed by atoms with E-state index >= 15 is 0 Å². The third-order valence-corrected chi connectivity index (χ3v) is 8.77. The molecule has 1 aromatic heterocycles. The van der Waals surface area contributed by atoms with Crippen LogP contribution in [0, 0.1) is 10.8 Å². The van der Waals surface area contributed by atoms with Crippen molar-refractivity contribution in [3.63, 3.8) is 0 Å². The smallest absolute Gasteiger partial charge is 0.251 e. The fraction of sp³-hybridized carbons (Fsp3) is 0.367. The normalized spacial score (nSPS) is 18.6. The topological polar surface area (TPSA) is 122 Å². The number of amides is 2. The lowest BCUT2D eigenvalue weighted by atomic mass is 9.90. The van der Waals surface area contributed by atoms with E-state index < -0.39 is 6.04 Å². The van der Waals surface area contributed by atoms with Gasteiger partial charge >= 0.3 is 0 Å². The minimum absolute atomic E-state index is 0.0323. The molecule has 1 fully saturated rings. The van der Waals surface area contributed by atoms with Gasteiger partial charge in [0, 0.05) is 30.0 Å². The molecule has 3 aliphatic heterocycles. The zero-order valence-electron chi connectivity index (χ0n) is 22.7. The quantitative estimate of drug-likeness (QED) is 0.180. The van der Waals surface area contributed by atoms with Crippen molar-refractivity contribution in [3.05, 3.63) is 71.0 Å². The summed E-state index contributed by atoms with van der Waals surface area (Å²) in [5.41, 5.74) is 3.82. The second-order valence-corrected chi connectivity index (χ2v) is 12.5. The summed E-state index contributed by atoms with van der Waals surface area (Å²) in [5.74, 6) is 1.25. The predicted molar refractivity (Wildman–Crippen MR) is 154 cm³/mol. The number of likely N-dealkylation sites (tertiary alicyclic amines) is 1. The number of benzene rings is 2. The van der Waals surface area contributed by atoms with Crippen LogP contribution >= 0.6 is 11.8 Å². The van der Waals surface area contributed by atoms with Crippen LogP contribution in [-0.4, -0.2) is 53.2 Å². The first-order valence-corrected chi connectivity index (χ1v) is 14.5. The first kappa shape index (κ1) is 26.5. The van der Waals surface area contributed by atoms with E-state index in [2.05, 4.69) is 40.8 Å². The first-order chi connectivity index (χ1) is 19.3. The van der Waals surface area contributed by atoms with Gasteiger partial charge in [0.05, 0.1) is 22.9 Å². The summed E-state index contributed by atoms with van der Waals surface area (Å²) in [6.45, 7) is 7.03. The molecule has 0 saturated carbocycles. The molecule has 9 nitrogen and oxygen atoms in total. The Morgan fingerprint density at radius 1 is 1.12 bits per heavy atom. The molecular weight excluding hydrogens is 524 g/mol. The summed E-state index contributed by atoms with van der Waals surface area (Å²) < 4.78 is 6.02. The molecule has 0 radical (unpaired) electrons. The average molecular weight is 559 g/mol. The number of fused-ring (bicyclic) bond motifs is 3. The standard InChI is InChI=1S/C30H34N6O3S/c1-30(2)13-22(29(38)33-14-20-11-18-9-10-32-15-21(18)35-20)36(17-30)27(31)16-34-28(37)19-7-8-26-24(12-19)39-23-5-3-4-6-25(23)40-26/h3-8,11-12,22,31-32,35H,9-10,13-17H2,1-2H3,(H,33,38)(H,34,37)/t22-/m0/s1. The maximum absolute atomic E-state index is 13.3. The highest BCUT2D eigenvalue weighted by Crippen LogP contribution is 2.47. The van der Waals surface area contributed by atoms with Gasteiger partial charge < -0.3 is 30.6 Å². The highest BCUT2D eigenvalue weighted by atomic mass is 32.2. The summed E-state index contributed by atoms with van der Waals surface area (Å²) in [5, 5.41) is 18.0. The van der Waals surface area contributed by atoms with Crippen molar-refractivity contribution in [2.24, 2.45) is 5.41 Å². The van der Waals surface area contributed by atoms with Crippen LogP contribution in [-0.2, 0) is 24.3 Å². The van der Waals surface area contributed by atoms with E-state index in [1.165, 1.54) is 11.3 Å². The van der Waals surface area contributed by atoms with Crippen molar-refractivity contribution in [3.8, 4) is 11.5 Å². The van der Waals surface area contributed by atoms with E-state index in [9.17, 15) is 9.59 Å². The number of hydrogen-bond donors (Lipinski definition) is 5. The van der Waals surface area contributed by atoms with Crippen molar-refractivity contribution in [2.45, 2.75) is 55.6 Å². The molecule has 208 valence electrons. The monoisotopic (exact) mass is 558 g/mol. The molecule has 1 atom stereocenters. The molecule has 10 heteroatoms. The molecule has 5 N–H and O–H groups in total. The maximum atomic E-state index is 13.3. The second-order valence-electron chi connectivity index (χ2n) is 11.4. The van der Waals surface area contributed by atoms with E-state index in [0.29, 0.717) is 30.8 Å². The van der Waals surface area contributed by atoms with E-state index in [1.807, 2.05) is 35.2 Å². The Hall–Kier alpha value is -3.76. The van der Waals surface area contributed by atoms with Crippen LogP contribution < -0.4 is 20.7 Å². The molecule has 0 spiro atoms. The molecule has 1 saturated heterocycles. The molecule has 3 aromatic rings. The molecule has 4 heterocycles. The van der Waals surface area contributed by atoms with Crippen molar-refractivity contribution in [1.82, 2.24) is 25.8 Å². The van der Waals surface area contributed by atoms with Gasteiger partial charge in [0.2, 0.25) is 5.91 Å². The van der Waals surface area contributed by atoms with Gasteiger partial charge in [0.15, 0.2) is 0 Å². The minimum atomic E-state index is -0.458. The Morgan fingerprint density at radius 2 is 1.95 bits per heavy atom. The fourth-order valence-corrected chi connectivity index (χ4v) is 6.58. The summed E-state index contributed by atoms with van der Waals surface area (Å²) in [6, 6.07) is 14.9. The molecule has 6 rings (SSSR count). The third-order valence-electron chi connectivity index (χ3n) is 7.65. The van der Waals surface area contributed by atoms with Gasteiger partial charge in [-0.3, -0.25) is 15.0 Å². The van der Waals surface area contributed by atoms with Crippen LogP contribution in [0.15, 0.2) is 58.3 Å². The third kappa shape index (κ3) is 5.46. The number of H-pyrrole nitrogens is 1. The zero-order valence-corrected chi connectivity index (χ0v) is 23.5. The number of nitrogens with zero attached hydrogens (tertiary/aromatic N) is 1. The summed E-state index contributed by atoms with van der Waals surface area (Å²) in [4.78, 5) is 33.5. The van der Waals surface area contributed by atoms with Gasteiger partial charge in [-0.25, -0.2) is 0 Å². The number of nitrogens with one attached hydrogen (secondary N) is 5. The number of hydrogen-bond acceptors (Lipinski definition) is 6. The summed E-state index contributed by atoms with van der Waals surface area (Å²) in [6.07, 6.45) is 1.63. The Kier molecular flexibility index (Phi) is 7.06. The largest absolute Gasteiger partial charge is 0.455 e. The second kappa shape index (κ2) is 10.7. The number of carbonyl (C=O) groups is 2. The zero-order chi connectivity index (χ0) is 27.9. The van der Waals surface area contributed by atoms with Gasteiger partial charge in [-0.2, -0.15) is 0 Å². The molecule has 40 heavy (non-hydrogen) atoms. The molecule has 0 bridgehead atoms. The molecular formula is C30H34N6O3S. The van der Waals surface area contributed by atoms with E-state index in [0.717, 1.165) is 40.7 Å². The number of ether oxygens (including phenoxy) is 1. The number of aromatic nitrogens is 1. The van der Waals surface area contributed by atoms with Crippen molar-refractivity contribution >= 4 is 29.4 Å². The molecule has 2 aromatic carbocycles. The van der Waals surface area contributed by atoms with Gasteiger partial charge in [-0.05, 0) is 66.8 Å². The average Bonchev–Trinajstić information content (AvgIpc) is 3.52. The van der Waals surface area contributed by atoms with Crippen molar-refractivity contribution < 1.29 is 14.3 Å². The Labute approximate surface area is 238 Å². The van der Waals surface area contributed by atoms with Gasteiger partial charge in [-0.15, -0.1) is 0 Å². The predicted octanol–water partition coefficient (Wildman–Crippen LogP) is 4.04. The van der Waals surface area contributed by atoms with Gasteiger partial charge in [0.25, 0.3) is 5.91 Å². The summed E-state index contributed by atoms with van der Waals surface area (Å²) >= 11 is 1.61. The molecule has 2 amide bonds. The lowest BCUT2D eigenvalue weighted by molar-refractivity contribution is -0.124. The van der Waals surface area contributed by atoms with Crippen molar-refractivity contribution in [2.75, 3.05) is 19.6 Å². The van der Waals surface area contributed by atoms with Crippen LogP contribution in [0.5, 0.6) is 11.5 Å². The van der Waals surface area contributed by atoms with Gasteiger partial charge in [0.1, 0.15) is 23.4 Å². The Morgan fingerprint density at radius 3 is 2.80 bits per heavy atom. The first-order valence-electron chi connectivity index (χ1n) is 13.6. The summed E-state index contributed by atoms with van der Waals surface area (Å²) in [7, 11) is 0. The lowest BCUT2D eigenvalue weighted by Gasteiger charge is -2.27. The number of amidine groups is 1. The maximum Gasteiger partial charge on any atom is 0.251 e. The SMILES string of the molecule is CC1(C)C[C@@H](C(=O)NCc2cc3c([nH]2)CNCC3)N(C(=N)CNC(=O)c2ccc3c(c2)Oc2ccccc2S3)C1. The highest BCUT2D eigenvalue weighted by Gasteiger charge is 2.42. The van der Waals surface area contributed by atoms with Crippen molar-refractivity contribution in [1.29, 1.82) is 5.41 Å². The fourth-order valence-electron chi connectivity index (χ4n) is 5.64. The number of rotatable bonds is 6. The van der Waals surface area contributed by atoms with Crippen LogP contribution in [0.3, 0.4) is 0 Å². The molecule has 3 aliphatic rings. The van der Waals surface area contributed by atoms with E-state index in [4.69, 9.17) is 10.1 Å². The lowest BCUT2D eigenvalue weighted by Crippen LogP contribution is -2.48. The van der Waals surface area contributed by atoms with Crippen LogP contribution in [0.4, 0.5) is 0 Å². The number of para-hydroxylation sites is 1. The number of aromatic amines is 1. The highest BCUT2D eigenvalue weighted by molar-refractivity contribution is 7.99. The van der Waals surface area contributed by atoms with Gasteiger partial charge in [-0.1, -0.05) is 37.7 Å². The minimum Gasteiger partial charge on any atom is -0.455 e. The van der Waals surface area contributed by atoms with Crippen LogP contribution in [0.25, 0.3) is 0 Å².